The number of likely N-dealkylation sites (N-methyl/N-ethyl adjacent to an activating group) is 1. The molecule has 0 saturated carbocycles. The highest BCUT2D eigenvalue weighted by molar-refractivity contribution is 7.89. The van der Waals surface area contributed by atoms with Crippen LogP contribution in [0.25, 0.3) is 0 Å². The Morgan fingerprint density at radius 2 is 1.68 bits per heavy atom. The Hall–Kier alpha value is -2.42. The van der Waals surface area contributed by atoms with E-state index in [-0.39, 0.29) is 0 Å². The minimum Gasteiger partial charge on any atom is -0.357 e. The minimum absolute atomic E-state index is 0.362. The van der Waals surface area contributed by atoms with Crippen LogP contribution in [0.15, 0.2) is 58.4 Å². The van der Waals surface area contributed by atoms with Gasteiger partial charge in [-0.2, -0.15) is 4.31 Å². The zero-order valence-corrected chi connectivity index (χ0v) is 19.5. The second-order valence-corrected chi connectivity index (χ2v) is 9.76. The maximum absolute atomic E-state index is 13.3. The van der Waals surface area contributed by atoms with Gasteiger partial charge in [0.15, 0.2) is 5.96 Å². The maximum atomic E-state index is 13.3. The Bertz CT molecular complexity index is 981. The van der Waals surface area contributed by atoms with Gasteiger partial charge in [0.1, 0.15) is 0 Å². The molecule has 0 aromatic heterocycles. The van der Waals surface area contributed by atoms with Crippen LogP contribution in [-0.2, 0) is 23.1 Å². The average molecular weight is 444 g/mol. The number of hydrogen-bond acceptors (Lipinski definition) is 4. The fraction of sp³-hybridized carbons (Fsp3) is 0.435. The van der Waals surface area contributed by atoms with E-state index < -0.39 is 10.0 Å². The Kier molecular flexibility index (Phi) is 8.06. The van der Waals surface area contributed by atoms with Crippen molar-refractivity contribution in [3.63, 3.8) is 0 Å². The molecule has 1 aliphatic heterocycles. The molecule has 0 amide bonds. The highest BCUT2D eigenvalue weighted by atomic mass is 32.2. The Morgan fingerprint density at radius 3 is 2.35 bits per heavy atom. The molecule has 0 bridgehead atoms. The molecular formula is C23H33N5O2S. The van der Waals surface area contributed by atoms with Gasteiger partial charge in [-0.15, -0.1) is 0 Å². The minimum atomic E-state index is -3.53. The number of sulfonamides is 1. The van der Waals surface area contributed by atoms with Crippen LogP contribution in [0.3, 0.4) is 0 Å². The molecule has 0 unspecified atom stereocenters. The lowest BCUT2D eigenvalue weighted by Gasteiger charge is -2.32. The third-order valence-corrected chi connectivity index (χ3v) is 7.38. The highest BCUT2D eigenvalue weighted by Gasteiger charge is 2.29. The van der Waals surface area contributed by atoms with Crippen molar-refractivity contribution in [2.45, 2.75) is 31.8 Å². The molecule has 0 spiro atoms. The second-order valence-electron chi connectivity index (χ2n) is 7.85. The molecule has 168 valence electrons. The Labute approximate surface area is 186 Å². The van der Waals surface area contributed by atoms with E-state index in [0.717, 1.165) is 30.8 Å². The number of piperazine rings is 1. The number of rotatable bonds is 7. The van der Waals surface area contributed by atoms with Gasteiger partial charge in [-0.25, -0.2) is 13.4 Å². The van der Waals surface area contributed by atoms with Crippen molar-refractivity contribution >= 4 is 16.0 Å². The molecule has 1 fully saturated rings. The number of nitrogens with one attached hydrogen (secondary N) is 2. The molecule has 1 aliphatic rings. The summed E-state index contributed by atoms with van der Waals surface area (Å²) in [6.07, 6.45) is 0. The van der Waals surface area contributed by atoms with Gasteiger partial charge in [-0.3, -0.25) is 0 Å². The maximum Gasteiger partial charge on any atom is 0.243 e. The topological polar surface area (TPSA) is 77.0 Å². The van der Waals surface area contributed by atoms with Gasteiger partial charge in [-0.05, 0) is 38.1 Å². The lowest BCUT2D eigenvalue weighted by atomic mass is 10.1. The second kappa shape index (κ2) is 10.7. The molecule has 0 aliphatic carbocycles. The molecule has 2 N–H and O–H groups in total. The number of nitrogens with zero attached hydrogens (tertiary/aromatic N) is 3. The number of benzene rings is 2. The number of aryl methyl sites for hydroxylation is 1. The average Bonchev–Trinajstić information content (AvgIpc) is 2.77. The summed E-state index contributed by atoms with van der Waals surface area (Å²) < 4.78 is 28.1. The molecule has 2 aromatic rings. The van der Waals surface area contributed by atoms with Crippen LogP contribution in [0.4, 0.5) is 0 Å². The molecule has 2 aromatic carbocycles. The van der Waals surface area contributed by atoms with Crippen molar-refractivity contribution in [2.75, 3.05) is 39.8 Å². The summed E-state index contributed by atoms with van der Waals surface area (Å²) in [5, 5.41) is 6.52. The van der Waals surface area contributed by atoms with Gasteiger partial charge in [-0.1, -0.05) is 48.0 Å². The molecule has 7 nitrogen and oxygen atoms in total. The van der Waals surface area contributed by atoms with E-state index in [0.29, 0.717) is 37.0 Å². The van der Waals surface area contributed by atoms with Crippen molar-refractivity contribution < 1.29 is 8.42 Å². The molecule has 31 heavy (non-hydrogen) atoms. The van der Waals surface area contributed by atoms with Crippen LogP contribution >= 0.6 is 0 Å². The summed E-state index contributed by atoms with van der Waals surface area (Å²) in [5.41, 5.74) is 3.08. The van der Waals surface area contributed by atoms with Crippen molar-refractivity contribution in [1.82, 2.24) is 19.8 Å². The number of guanidine groups is 1. The summed E-state index contributed by atoms with van der Waals surface area (Å²) >= 11 is 0. The molecule has 1 heterocycles. The van der Waals surface area contributed by atoms with Gasteiger partial charge in [0.25, 0.3) is 0 Å². The van der Waals surface area contributed by atoms with Gasteiger partial charge in [0, 0.05) is 39.3 Å². The first-order chi connectivity index (χ1) is 14.9. The van der Waals surface area contributed by atoms with Crippen molar-refractivity contribution in [3.8, 4) is 0 Å². The van der Waals surface area contributed by atoms with Gasteiger partial charge in [0.2, 0.25) is 10.0 Å². The fourth-order valence-corrected chi connectivity index (χ4v) is 5.10. The lowest BCUT2D eigenvalue weighted by Crippen LogP contribution is -2.47. The predicted octanol–water partition coefficient (Wildman–Crippen LogP) is 2.19. The third kappa shape index (κ3) is 6.29. The summed E-state index contributed by atoms with van der Waals surface area (Å²) in [5.74, 6) is 0.662. The molecular weight excluding hydrogens is 410 g/mol. The SMILES string of the molecule is CCNC(=NCc1ccc(C)cc1)NCc1ccccc1S(=O)(=O)N1CCN(C)CC1. The summed E-state index contributed by atoms with van der Waals surface area (Å²) in [6, 6.07) is 15.5. The van der Waals surface area contributed by atoms with E-state index in [9.17, 15) is 8.42 Å². The fourth-order valence-electron chi connectivity index (χ4n) is 3.45. The Morgan fingerprint density at radius 1 is 1.00 bits per heavy atom. The zero-order chi connectivity index (χ0) is 22.3. The van der Waals surface area contributed by atoms with E-state index in [1.165, 1.54) is 5.56 Å². The van der Waals surface area contributed by atoms with Crippen LogP contribution in [0.5, 0.6) is 0 Å². The van der Waals surface area contributed by atoms with E-state index in [1.807, 2.05) is 26.1 Å². The van der Waals surface area contributed by atoms with Crippen LogP contribution in [0.1, 0.15) is 23.6 Å². The van der Waals surface area contributed by atoms with Gasteiger partial charge in [0.05, 0.1) is 11.4 Å². The van der Waals surface area contributed by atoms with Gasteiger partial charge < -0.3 is 15.5 Å². The summed E-state index contributed by atoms with van der Waals surface area (Å²) in [4.78, 5) is 7.16. The molecule has 3 rings (SSSR count). The predicted molar refractivity (Wildman–Crippen MR) is 126 cm³/mol. The van der Waals surface area contributed by atoms with E-state index >= 15 is 0 Å². The van der Waals surface area contributed by atoms with E-state index in [1.54, 1.807) is 16.4 Å². The van der Waals surface area contributed by atoms with Crippen LogP contribution < -0.4 is 10.6 Å². The van der Waals surface area contributed by atoms with Crippen molar-refractivity contribution in [2.24, 2.45) is 4.99 Å². The Balaban J connectivity index is 1.72. The number of aliphatic imine (C=N–C) groups is 1. The smallest absolute Gasteiger partial charge is 0.243 e. The zero-order valence-electron chi connectivity index (χ0n) is 18.6. The van der Waals surface area contributed by atoms with Crippen LogP contribution in [0, 0.1) is 6.92 Å². The largest absolute Gasteiger partial charge is 0.357 e. The number of hydrogen-bond donors (Lipinski definition) is 2. The normalized spacial score (nSPS) is 16.3. The standard InChI is InChI=1S/C23H33N5O2S/c1-4-24-23(25-17-20-11-9-19(2)10-12-20)26-18-21-7-5-6-8-22(21)31(29,30)28-15-13-27(3)14-16-28/h5-12H,4,13-18H2,1-3H3,(H2,24,25,26). The first-order valence-electron chi connectivity index (χ1n) is 10.7. The molecule has 0 radical (unpaired) electrons. The van der Waals surface area contributed by atoms with Gasteiger partial charge >= 0.3 is 0 Å². The van der Waals surface area contributed by atoms with Crippen LogP contribution in [-0.4, -0.2) is 63.4 Å². The first-order valence-corrected chi connectivity index (χ1v) is 12.2. The first kappa shape index (κ1) is 23.2. The monoisotopic (exact) mass is 443 g/mol. The quantitative estimate of drug-likeness (QED) is 0.507. The molecule has 0 atom stereocenters. The lowest BCUT2D eigenvalue weighted by molar-refractivity contribution is 0.222. The highest BCUT2D eigenvalue weighted by Crippen LogP contribution is 2.21. The van der Waals surface area contributed by atoms with Crippen LogP contribution in [0.2, 0.25) is 0 Å². The van der Waals surface area contributed by atoms with E-state index in [4.69, 9.17) is 0 Å². The van der Waals surface area contributed by atoms with E-state index in [2.05, 4.69) is 51.7 Å². The molecule has 8 heteroatoms. The third-order valence-electron chi connectivity index (χ3n) is 5.38. The summed E-state index contributed by atoms with van der Waals surface area (Å²) in [6.45, 7) is 8.25. The summed E-state index contributed by atoms with van der Waals surface area (Å²) in [7, 11) is -1.52. The van der Waals surface area contributed by atoms with Crippen molar-refractivity contribution in [3.05, 3.63) is 65.2 Å². The molecule has 1 saturated heterocycles. The van der Waals surface area contributed by atoms with Crippen molar-refractivity contribution in [1.29, 1.82) is 0 Å².